The van der Waals surface area contributed by atoms with Crippen LogP contribution < -0.4 is 10.3 Å². The van der Waals surface area contributed by atoms with Crippen LogP contribution in [0.25, 0.3) is 22.1 Å². The summed E-state index contributed by atoms with van der Waals surface area (Å²) in [6, 6.07) is 23.9. The van der Waals surface area contributed by atoms with Crippen molar-refractivity contribution in [1.82, 2.24) is 0 Å². The van der Waals surface area contributed by atoms with E-state index in [1.54, 1.807) is 24.3 Å². The van der Waals surface area contributed by atoms with E-state index in [0.717, 1.165) is 16.7 Å². The Morgan fingerprint density at radius 1 is 0.879 bits per heavy atom. The molecule has 2 heterocycles. The second-order valence-corrected chi connectivity index (χ2v) is 7.90. The molecule has 1 aromatic heterocycles. The van der Waals surface area contributed by atoms with E-state index in [9.17, 15) is 9.59 Å². The monoisotopic (exact) mass is 441 g/mol. The van der Waals surface area contributed by atoms with Gasteiger partial charge < -0.3 is 18.8 Å². The van der Waals surface area contributed by atoms with Crippen molar-refractivity contribution in [3.8, 4) is 11.1 Å². The molecule has 33 heavy (non-hydrogen) atoms. The first-order valence-electron chi connectivity index (χ1n) is 10.9. The van der Waals surface area contributed by atoms with Crippen molar-refractivity contribution in [1.29, 1.82) is 0 Å². The summed E-state index contributed by atoms with van der Waals surface area (Å²) in [5, 5.41) is 0.539. The maximum atomic E-state index is 12.6. The summed E-state index contributed by atoms with van der Waals surface area (Å²) in [6.07, 6.45) is 0. The van der Waals surface area contributed by atoms with Gasteiger partial charge in [-0.15, -0.1) is 0 Å². The molecule has 1 aliphatic rings. The average molecular weight is 441 g/mol. The van der Waals surface area contributed by atoms with Crippen LogP contribution in [0.15, 0.2) is 88.1 Å². The zero-order valence-electron chi connectivity index (χ0n) is 18.0. The molecule has 1 fully saturated rings. The van der Waals surface area contributed by atoms with E-state index in [1.807, 2.05) is 59.5 Å². The minimum absolute atomic E-state index is 0.0687. The Morgan fingerprint density at radius 3 is 2.36 bits per heavy atom. The number of carbonyl (C=O) groups excluding carboxylic acids is 1. The smallest absolute Gasteiger partial charge is 0.338 e. The van der Waals surface area contributed by atoms with Crippen LogP contribution in [-0.4, -0.2) is 32.3 Å². The summed E-state index contributed by atoms with van der Waals surface area (Å²) >= 11 is 0. The van der Waals surface area contributed by atoms with E-state index in [1.165, 1.54) is 0 Å². The Bertz CT molecular complexity index is 1320. The molecular weight excluding hydrogens is 418 g/mol. The van der Waals surface area contributed by atoms with E-state index in [4.69, 9.17) is 13.9 Å². The third-order valence-corrected chi connectivity index (χ3v) is 5.71. The highest BCUT2D eigenvalue weighted by Crippen LogP contribution is 2.26. The molecule has 0 unspecified atom stereocenters. The molecule has 0 amide bonds. The number of esters is 1. The molecule has 166 valence electrons. The number of fused-ring (bicyclic) bond motifs is 1. The minimum atomic E-state index is -0.370. The van der Waals surface area contributed by atoms with Gasteiger partial charge in [-0.1, -0.05) is 48.5 Å². The normalized spacial score (nSPS) is 13.8. The highest BCUT2D eigenvalue weighted by Gasteiger charge is 2.16. The van der Waals surface area contributed by atoms with Crippen LogP contribution in [0.2, 0.25) is 0 Å². The quantitative estimate of drug-likeness (QED) is 0.420. The van der Waals surface area contributed by atoms with Crippen LogP contribution in [0, 0.1) is 0 Å². The Morgan fingerprint density at radius 2 is 1.61 bits per heavy atom. The van der Waals surface area contributed by atoms with E-state index < -0.39 is 0 Å². The SMILES string of the molecule is O=C(OCc1ccccc1)c1ccc(-c2ccc3c(=O)cc(N4CCOCC4)oc3c2)cc1. The molecule has 0 N–H and O–H groups in total. The van der Waals surface area contributed by atoms with Crippen molar-refractivity contribution in [2.24, 2.45) is 0 Å². The fourth-order valence-electron chi connectivity index (χ4n) is 3.87. The topological polar surface area (TPSA) is 69.0 Å². The molecule has 6 nitrogen and oxygen atoms in total. The summed E-state index contributed by atoms with van der Waals surface area (Å²) in [5.74, 6) is 0.189. The van der Waals surface area contributed by atoms with Gasteiger partial charge in [0.05, 0.1) is 24.2 Å². The van der Waals surface area contributed by atoms with Gasteiger partial charge in [0.25, 0.3) is 0 Å². The number of morpholine rings is 1. The predicted molar refractivity (Wildman–Crippen MR) is 127 cm³/mol. The zero-order valence-corrected chi connectivity index (χ0v) is 18.0. The lowest BCUT2D eigenvalue weighted by molar-refractivity contribution is 0.0472. The molecule has 0 atom stereocenters. The molecule has 0 aliphatic carbocycles. The van der Waals surface area contributed by atoms with Crippen LogP contribution in [0.3, 0.4) is 0 Å². The second kappa shape index (κ2) is 9.30. The van der Waals surface area contributed by atoms with Crippen molar-refractivity contribution < 1.29 is 18.7 Å². The third kappa shape index (κ3) is 4.66. The molecule has 5 rings (SSSR count). The van der Waals surface area contributed by atoms with Gasteiger partial charge in [-0.05, 0) is 41.0 Å². The first-order valence-corrected chi connectivity index (χ1v) is 10.9. The van der Waals surface area contributed by atoms with E-state index in [-0.39, 0.29) is 18.0 Å². The number of hydrogen-bond acceptors (Lipinski definition) is 6. The van der Waals surface area contributed by atoms with Gasteiger partial charge in [-0.3, -0.25) is 4.79 Å². The molecule has 0 saturated carbocycles. The van der Waals surface area contributed by atoms with E-state index in [2.05, 4.69) is 0 Å². The van der Waals surface area contributed by atoms with Gasteiger partial charge in [-0.2, -0.15) is 0 Å². The van der Waals surface area contributed by atoms with Crippen LogP contribution in [0.1, 0.15) is 15.9 Å². The summed E-state index contributed by atoms with van der Waals surface area (Å²) < 4.78 is 16.9. The summed E-state index contributed by atoms with van der Waals surface area (Å²) in [6.45, 7) is 2.84. The number of carbonyl (C=O) groups is 1. The molecule has 6 heteroatoms. The molecule has 1 aliphatic heterocycles. The van der Waals surface area contributed by atoms with E-state index >= 15 is 0 Å². The lowest BCUT2D eigenvalue weighted by Crippen LogP contribution is -2.36. The van der Waals surface area contributed by atoms with Crippen molar-refractivity contribution in [3.05, 3.63) is 100 Å². The molecule has 4 aromatic rings. The molecule has 0 bridgehead atoms. The largest absolute Gasteiger partial charge is 0.457 e. The number of benzene rings is 3. The fraction of sp³-hybridized carbons (Fsp3) is 0.185. The molecule has 0 radical (unpaired) electrons. The Balaban J connectivity index is 1.36. The highest BCUT2D eigenvalue weighted by atomic mass is 16.5. The predicted octanol–water partition coefficient (Wildman–Crippen LogP) is 4.65. The number of hydrogen-bond donors (Lipinski definition) is 0. The van der Waals surface area contributed by atoms with Gasteiger partial charge in [0, 0.05) is 19.2 Å². The van der Waals surface area contributed by atoms with Crippen molar-refractivity contribution in [2.45, 2.75) is 6.61 Å². The maximum absolute atomic E-state index is 12.6. The van der Waals surface area contributed by atoms with Gasteiger partial charge in [0.1, 0.15) is 12.2 Å². The van der Waals surface area contributed by atoms with Crippen molar-refractivity contribution >= 4 is 22.8 Å². The minimum Gasteiger partial charge on any atom is -0.457 e. The Kier molecular flexibility index (Phi) is 5.91. The summed E-state index contributed by atoms with van der Waals surface area (Å²) in [5.41, 5.74) is 3.70. The lowest BCUT2D eigenvalue weighted by atomic mass is 10.0. The number of rotatable bonds is 5. The Hall–Kier alpha value is -3.90. The van der Waals surface area contributed by atoms with Crippen molar-refractivity contribution in [2.75, 3.05) is 31.2 Å². The average Bonchev–Trinajstić information content (AvgIpc) is 2.88. The fourth-order valence-corrected chi connectivity index (χ4v) is 3.87. The van der Waals surface area contributed by atoms with E-state index in [0.29, 0.717) is 48.7 Å². The summed E-state index contributed by atoms with van der Waals surface area (Å²) in [4.78, 5) is 27.0. The standard InChI is InChI=1S/C27H23NO5/c29-24-17-26(28-12-14-31-15-13-28)33-25-16-22(10-11-23(24)25)20-6-8-21(9-7-20)27(30)32-18-19-4-2-1-3-5-19/h1-11,16-17H,12-15,18H2. The highest BCUT2D eigenvalue weighted by molar-refractivity contribution is 5.90. The Labute approximate surface area is 191 Å². The first kappa shape index (κ1) is 21.0. The number of anilines is 1. The summed E-state index contributed by atoms with van der Waals surface area (Å²) in [7, 11) is 0. The van der Waals surface area contributed by atoms with Gasteiger partial charge in [0.2, 0.25) is 0 Å². The molecule has 1 saturated heterocycles. The molecule has 0 spiro atoms. The zero-order chi connectivity index (χ0) is 22.6. The van der Waals surface area contributed by atoms with Crippen LogP contribution in [0.5, 0.6) is 0 Å². The van der Waals surface area contributed by atoms with Gasteiger partial charge >= 0.3 is 5.97 Å². The van der Waals surface area contributed by atoms with Crippen LogP contribution in [0.4, 0.5) is 5.88 Å². The third-order valence-electron chi connectivity index (χ3n) is 5.71. The van der Waals surface area contributed by atoms with Crippen LogP contribution in [-0.2, 0) is 16.1 Å². The second-order valence-electron chi connectivity index (χ2n) is 7.90. The lowest BCUT2D eigenvalue weighted by Gasteiger charge is -2.27. The molecule has 3 aromatic carbocycles. The maximum Gasteiger partial charge on any atom is 0.338 e. The molecular formula is C27H23NO5. The first-order chi connectivity index (χ1) is 16.2. The number of nitrogens with zero attached hydrogens (tertiary/aromatic N) is 1. The number of ether oxygens (including phenoxy) is 2. The van der Waals surface area contributed by atoms with Crippen molar-refractivity contribution in [3.63, 3.8) is 0 Å². The van der Waals surface area contributed by atoms with Crippen LogP contribution >= 0.6 is 0 Å². The van der Waals surface area contributed by atoms with Gasteiger partial charge in [0.15, 0.2) is 11.3 Å². The van der Waals surface area contributed by atoms with Gasteiger partial charge in [-0.25, -0.2) is 4.79 Å².